The molecule has 0 bridgehead atoms. The molecule has 0 saturated heterocycles. The number of aromatic amines is 1. The minimum atomic E-state index is 0.426. The van der Waals surface area contributed by atoms with Crippen molar-refractivity contribution in [1.82, 2.24) is 10.0 Å². The molecule has 98 valence electrons. The second-order valence-electron chi connectivity index (χ2n) is 4.04. The molecule has 0 amide bonds. The molecule has 0 fully saturated rings. The van der Waals surface area contributed by atoms with Crippen molar-refractivity contribution >= 4 is 10.9 Å². The van der Waals surface area contributed by atoms with Gasteiger partial charge in [0.1, 0.15) is 12.5 Å². The minimum absolute atomic E-state index is 0.426. The lowest BCUT2D eigenvalue weighted by Crippen LogP contribution is -2.20. The van der Waals surface area contributed by atoms with E-state index < -0.39 is 0 Å². The third-order valence-electron chi connectivity index (χ3n) is 2.73. The van der Waals surface area contributed by atoms with Gasteiger partial charge in [-0.3, -0.25) is 0 Å². The number of aromatic nitrogens is 1. The lowest BCUT2D eigenvalue weighted by Gasteiger charge is -2.12. The molecule has 5 nitrogen and oxygen atoms in total. The van der Waals surface area contributed by atoms with Gasteiger partial charge in [-0.05, 0) is 18.2 Å². The molecule has 2 aromatic rings. The SMILES string of the molecule is COc1ccc2cc(COCN(C)OC)[nH]c2c1. The van der Waals surface area contributed by atoms with Gasteiger partial charge in [0, 0.05) is 29.7 Å². The van der Waals surface area contributed by atoms with Crippen molar-refractivity contribution < 1.29 is 14.3 Å². The number of H-pyrrole nitrogens is 1. The first kappa shape index (κ1) is 12.9. The topological polar surface area (TPSA) is 46.7 Å². The minimum Gasteiger partial charge on any atom is -0.497 e. The maximum Gasteiger partial charge on any atom is 0.122 e. The molecule has 1 aromatic heterocycles. The second-order valence-corrected chi connectivity index (χ2v) is 4.04. The Morgan fingerprint density at radius 3 is 2.78 bits per heavy atom. The van der Waals surface area contributed by atoms with Crippen molar-refractivity contribution in [2.24, 2.45) is 0 Å². The summed E-state index contributed by atoms with van der Waals surface area (Å²) >= 11 is 0. The van der Waals surface area contributed by atoms with Crippen LogP contribution in [-0.4, -0.2) is 38.0 Å². The van der Waals surface area contributed by atoms with Crippen LogP contribution in [0.5, 0.6) is 5.75 Å². The highest BCUT2D eigenvalue weighted by Crippen LogP contribution is 2.21. The highest BCUT2D eigenvalue weighted by molar-refractivity contribution is 5.81. The molecular weight excluding hydrogens is 232 g/mol. The van der Waals surface area contributed by atoms with Crippen molar-refractivity contribution in [2.75, 3.05) is 28.0 Å². The Kier molecular flexibility index (Phi) is 4.19. The third kappa shape index (κ3) is 3.01. The van der Waals surface area contributed by atoms with E-state index >= 15 is 0 Å². The monoisotopic (exact) mass is 250 g/mol. The molecule has 1 N–H and O–H groups in total. The van der Waals surface area contributed by atoms with E-state index in [-0.39, 0.29) is 0 Å². The van der Waals surface area contributed by atoms with Gasteiger partial charge in [0.15, 0.2) is 0 Å². The number of hydrogen-bond donors (Lipinski definition) is 1. The van der Waals surface area contributed by atoms with Gasteiger partial charge in [-0.25, -0.2) is 0 Å². The summed E-state index contributed by atoms with van der Waals surface area (Å²) in [5, 5.41) is 2.76. The first-order chi connectivity index (χ1) is 8.72. The Morgan fingerprint density at radius 2 is 2.06 bits per heavy atom. The molecule has 2 rings (SSSR count). The molecule has 0 radical (unpaired) electrons. The molecule has 1 aromatic carbocycles. The lowest BCUT2D eigenvalue weighted by atomic mass is 10.2. The van der Waals surface area contributed by atoms with Gasteiger partial charge in [0.2, 0.25) is 0 Å². The van der Waals surface area contributed by atoms with Gasteiger partial charge in [0.25, 0.3) is 0 Å². The van der Waals surface area contributed by atoms with E-state index in [0.717, 1.165) is 22.3 Å². The molecule has 1 heterocycles. The predicted molar refractivity (Wildman–Crippen MR) is 69.3 cm³/mol. The Balaban J connectivity index is 2.01. The van der Waals surface area contributed by atoms with Crippen LogP contribution in [0.15, 0.2) is 24.3 Å². The molecule has 18 heavy (non-hydrogen) atoms. The fourth-order valence-electron chi connectivity index (χ4n) is 1.71. The fraction of sp³-hybridized carbons (Fsp3) is 0.385. The summed E-state index contributed by atoms with van der Waals surface area (Å²) in [4.78, 5) is 8.26. The van der Waals surface area contributed by atoms with E-state index in [0.29, 0.717) is 13.3 Å². The molecule has 0 aliphatic carbocycles. The zero-order valence-corrected chi connectivity index (χ0v) is 10.9. The van der Waals surface area contributed by atoms with Crippen LogP contribution in [0.1, 0.15) is 5.69 Å². The van der Waals surface area contributed by atoms with E-state index in [1.807, 2.05) is 25.2 Å². The van der Waals surface area contributed by atoms with Crippen LogP contribution in [0.4, 0.5) is 0 Å². The zero-order valence-electron chi connectivity index (χ0n) is 10.9. The smallest absolute Gasteiger partial charge is 0.122 e. The Labute approximate surface area is 106 Å². The number of nitrogens with zero attached hydrogens (tertiary/aromatic N) is 1. The Hall–Kier alpha value is -1.56. The fourth-order valence-corrected chi connectivity index (χ4v) is 1.71. The standard InChI is InChI=1S/C13H18N2O3/c1-15(17-3)9-18-8-11-6-10-4-5-12(16-2)7-13(10)14-11/h4-7,14H,8-9H2,1-3H3. The molecule has 0 aliphatic rings. The van der Waals surface area contributed by atoms with E-state index in [2.05, 4.69) is 11.1 Å². The Bertz CT molecular complexity index is 510. The first-order valence-electron chi connectivity index (χ1n) is 5.71. The number of benzene rings is 1. The number of hydroxylamine groups is 2. The molecule has 0 unspecified atom stereocenters. The van der Waals surface area contributed by atoms with E-state index in [9.17, 15) is 0 Å². The van der Waals surface area contributed by atoms with Gasteiger partial charge in [-0.15, -0.1) is 0 Å². The van der Waals surface area contributed by atoms with Crippen molar-refractivity contribution in [3.8, 4) is 5.75 Å². The van der Waals surface area contributed by atoms with Gasteiger partial charge in [-0.2, -0.15) is 5.06 Å². The maximum atomic E-state index is 5.50. The summed E-state index contributed by atoms with van der Waals surface area (Å²) in [6.07, 6.45) is 0. The predicted octanol–water partition coefficient (Wildman–Crippen LogP) is 2.14. The van der Waals surface area contributed by atoms with Gasteiger partial charge >= 0.3 is 0 Å². The highest BCUT2D eigenvalue weighted by Gasteiger charge is 2.03. The van der Waals surface area contributed by atoms with Crippen molar-refractivity contribution in [3.05, 3.63) is 30.0 Å². The summed E-state index contributed by atoms with van der Waals surface area (Å²) < 4.78 is 10.7. The maximum absolute atomic E-state index is 5.50. The summed E-state index contributed by atoms with van der Waals surface area (Å²) in [5.74, 6) is 0.843. The highest BCUT2D eigenvalue weighted by atomic mass is 16.7. The van der Waals surface area contributed by atoms with Crippen LogP contribution in [0.2, 0.25) is 0 Å². The number of rotatable bonds is 6. The second kappa shape index (κ2) is 5.86. The van der Waals surface area contributed by atoms with Gasteiger partial charge in [-0.1, -0.05) is 0 Å². The van der Waals surface area contributed by atoms with Crippen molar-refractivity contribution in [2.45, 2.75) is 6.61 Å². The molecule has 0 atom stereocenters. The number of hydrogen-bond acceptors (Lipinski definition) is 4. The van der Waals surface area contributed by atoms with Crippen LogP contribution >= 0.6 is 0 Å². The summed E-state index contributed by atoms with van der Waals surface area (Å²) in [7, 11) is 5.09. The number of methoxy groups -OCH3 is 1. The number of ether oxygens (including phenoxy) is 2. The zero-order chi connectivity index (χ0) is 13.0. The van der Waals surface area contributed by atoms with E-state index in [1.54, 1.807) is 19.3 Å². The summed E-state index contributed by atoms with van der Waals surface area (Å²) in [6.45, 7) is 0.944. The van der Waals surface area contributed by atoms with Crippen LogP contribution in [-0.2, 0) is 16.2 Å². The van der Waals surface area contributed by atoms with Crippen LogP contribution < -0.4 is 4.74 Å². The quantitative estimate of drug-likeness (QED) is 0.630. The average molecular weight is 250 g/mol. The Morgan fingerprint density at radius 1 is 1.22 bits per heavy atom. The lowest BCUT2D eigenvalue weighted by molar-refractivity contribution is -0.173. The van der Waals surface area contributed by atoms with Crippen molar-refractivity contribution in [3.63, 3.8) is 0 Å². The summed E-state index contributed by atoms with van der Waals surface area (Å²) in [6, 6.07) is 8.01. The molecule has 0 aliphatic heterocycles. The van der Waals surface area contributed by atoms with Crippen LogP contribution in [0.3, 0.4) is 0 Å². The number of nitrogens with one attached hydrogen (secondary N) is 1. The van der Waals surface area contributed by atoms with Crippen LogP contribution in [0, 0.1) is 0 Å². The summed E-state index contributed by atoms with van der Waals surface area (Å²) in [5.41, 5.74) is 2.08. The third-order valence-corrected chi connectivity index (χ3v) is 2.73. The largest absolute Gasteiger partial charge is 0.497 e. The van der Waals surface area contributed by atoms with Gasteiger partial charge in [0.05, 0.1) is 20.8 Å². The molecular formula is C13H18N2O3. The van der Waals surface area contributed by atoms with Crippen molar-refractivity contribution in [1.29, 1.82) is 0 Å². The van der Waals surface area contributed by atoms with Gasteiger partial charge < -0.3 is 19.3 Å². The molecule has 0 spiro atoms. The number of fused-ring (bicyclic) bond motifs is 1. The average Bonchev–Trinajstić information content (AvgIpc) is 2.79. The van der Waals surface area contributed by atoms with Crippen LogP contribution in [0.25, 0.3) is 10.9 Å². The molecule has 0 saturated carbocycles. The van der Waals surface area contributed by atoms with E-state index in [1.165, 1.54) is 0 Å². The molecule has 5 heteroatoms. The normalized spacial score (nSPS) is 11.3. The first-order valence-corrected chi connectivity index (χ1v) is 5.71. The van der Waals surface area contributed by atoms with E-state index in [4.69, 9.17) is 14.3 Å².